The van der Waals surface area contributed by atoms with Gasteiger partial charge in [0.05, 0.1) is 0 Å². The molecule has 0 N–H and O–H groups in total. The normalized spacial score (nSPS) is 31.0. The molecule has 0 radical (unpaired) electrons. The predicted octanol–water partition coefficient (Wildman–Crippen LogP) is 1.63. The van der Waals surface area contributed by atoms with Crippen LogP contribution in [-0.2, 0) is 0 Å². The molecule has 8 heavy (non-hydrogen) atoms. The summed E-state index contributed by atoms with van der Waals surface area (Å²) in [4.78, 5) is 4.13. The summed E-state index contributed by atoms with van der Waals surface area (Å²) in [5.74, 6) is 0. The second-order valence-corrected chi connectivity index (χ2v) is 3.04. The van der Waals surface area contributed by atoms with Crippen LogP contribution in [0.5, 0.6) is 0 Å². The predicted molar refractivity (Wildman–Crippen MR) is 34.3 cm³/mol. The van der Waals surface area contributed by atoms with Gasteiger partial charge in [0.2, 0.25) is 0 Å². The van der Waals surface area contributed by atoms with Crippen LogP contribution in [0.15, 0.2) is 4.99 Å². The van der Waals surface area contributed by atoms with Crippen LogP contribution in [0.25, 0.3) is 0 Å². The Kier molecular flexibility index (Phi) is 0.758. The molecule has 0 saturated heterocycles. The van der Waals surface area contributed by atoms with Crippen molar-refractivity contribution in [3.8, 4) is 0 Å². The average Bonchev–Trinajstić information content (AvgIpc) is 2.07. The third-order valence-electron chi connectivity index (χ3n) is 2.37. The molecule has 1 spiro atoms. The minimum absolute atomic E-state index is 0.625. The van der Waals surface area contributed by atoms with Gasteiger partial charge in [-0.25, -0.2) is 0 Å². The van der Waals surface area contributed by atoms with Gasteiger partial charge in [0, 0.05) is 18.2 Å². The molecule has 0 atom stereocenters. The van der Waals surface area contributed by atoms with E-state index in [-0.39, 0.29) is 0 Å². The van der Waals surface area contributed by atoms with Crippen molar-refractivity contribution in [1.29, 1.82) is 0 Å². The molecule has 0 aromatic carbocycles. The molecule has 0 bridgehead atoms. The Balaban J connectivity index is 2.14. The molecule has 0 unspecified atom stereocenters. The molecule has 1 saturated carbocycles. The Morgan fingerprint density at radius 1 is 1.25 bits per heavy atom. The van der Waals surface area contributed by atoms with Gasteiger partial charge in [-0.1, -0.05) is 12.8 Å². The van der Waals surface area contributed by atoms with Crippen molar-refractivity contribution < 1.29 is 0 Å². The van der Waals surface area contributed by atoms with Crippen LogP contribution in [0.3, 0.4) is 0 Å². The van der Waals surface area contributed by atoms with Gasteiger partial charge in [-0.3, -0.25) is 4.99 Å². The van der Waals surface area contributed by atoms with E-state index in [9.17, 15) is 0 Å². The lowest BCUT2D eigenvalue weighted by molar-refractivity contribution is 0.420. The number of rotatable bonds is 0. The number of nitrogens with zero attached hydrogens (tertiary/aromatic N) is 1. The van der Waals surface area contributed by atoms with Crippen molar-refractivity contribution in [2.75, 3.05) is 6.54 Å². The van der Waals surface area contributed by atoms with Crippen LogP contribution >= 0.6 is 0 Å². The van der Waals surface area contributed by atoms with Gasteiger partial charge in [0.15, 0.2) is 0 Å². The molecule has 1 aliphatic carbocycles. The Morgan fingerprint density at radius 3 is 2.12 bits per heavy atom. The van der Waals surface area contributed by atoms with Crippen molar-refractivity contribution in [1.82, 2.24) is 0 Å². The molecular formula is C7H11N. The SMILES string of the molecule is C1=NCC12CCCC2. The topological polar surface area (TPSA) is 12.4 Å². The first-order chi connectivity index (χ1) is 3.91. The molecule has 0 aromatic heterocycles. The third kappa shape index (κ3) is 0.445. The molecule has 1 fully saturated rings. The summed E-state index contributed by atoms with van der Waals surface area (Å²) in [6.07, 6.45) is 7.87. The number of hydrogen-bond donors (Lipinski definition) is 0. The van der Waals surface area contributed by atoms with Crippen LogP contribution in [-0.4, -0.2) is 12.8 Å². The highest BCUT2D eigenvalue weighted by atomic mass is 14.8. The largest absolute Gasteiger partial charge is 0.296 e. The molecular weight excluding hydrogens is 98.1 g/mol. The van der Waals surface area contributed by atoms with E-state index in [1.807, 2.05) is 0 Å². The molecule has 2 rings (SSSR count). The maximum absolute atomic E-state index is 4.13. The average molecular weight is 109 g/mol. The summed E-state index contributed by atoms with van der Waals surface area (Å²) in [6.45, 7) is 1.13. The van der Waals surface area contributed by atoms with Gasteiger partial charge in [-0.2, -0.15) is 0 Å². The lowest BCUT2D eigenvalue weighted by atomic mass is 9.84. The lowest BCUT2D eigenvalue weighted by Gasteiger charge is -2.28. The van der Waals surface area contributed by atoms with E-state index in [1.165, 1.54) is 25.7 Å². The number of aliphatic imine (C=N–C) groups is 1. The molecule has 1 nitrogen and oxygen atoms in total. The minimum atomic E-state index is 0.625. The molecule has 44 valence electrons. The minimum Gasteiger partial charge on any atom is -0.296 e. The Hall–Kier alpha value is -0.330. The van der Waals surface area contributed by atoms with Crippen LogP contribution in [0.1, 0.15) is 25.7 Å². The van der Waals surface area contributed by atoms with Crippen molar-refractivity contribution in [3.05, 3.63) is 0 Å². The highest BCUT2D eigenvalue weighted by Gasteiger charge is 2.35. The van der Waals surface area contributed by atoms with Crippen LogP contribution in [0.2, 0.25) is 0 Å². The lowest BCUT2D eigenvalue weighted by Crippen LogP contribution is -2.29. The van der Waals surface area contributed by atoms with Gasteiger partial charge >= 0.3 is 0 Å². The van der Waals surface area contributed by atoms with Gasteiger partial charge in [0.25, 0.3) is 0 Å². The smallest absolute Gasteiger partial charge is 0.0491 e. The fourth-order valence-corrected chi connectivity index (χ4v) is 1.72. The fourth-order valence-electron chi connectivity index (χ4n) is 1.72. The Labute approximate surface area is 49.8 Å². The first-order valence-corrected chi connectivity index (χ1v) is 3.42. The van der Waals surface area contributed by atoms with Crippen molar-refractivity contribution >= 4 is 6.21 Å². The summed E-state index contributed by atoms with van der Waals surface area (Å²) < 4.78 is 0. The van der Waals surface area contributed by atoms with E-state index in [1.54, 1.807) is 0 Å². The zero-order valence-electron chi connectivity index (χ0n) is 5.06. The summed E-state index contributed by atoms with van der Waals surface area (Å²) in [5, 5.41) is 0. The van der Waals surface area contributed by atoms with E-state index < -0.39 is 0 Å². The Bertz CT molecular complexity index is 120. The maximum Gasteiger partial charge on any atom is 0.0491 e. The molecule has 2 aliphatic rings. The summed E-state index contributed by atoms with van der Waals surface area (Å²) in [7, 11) is 0. The molecule has 0 amide bonds. The monoisotopic (exact) mass is 109 g/mol. The van der Waals surface area contributed by atoms with Crippen LogP contribution in [0.4, 0.5) is 0 Å². The van der Waals surface area contributed by atoms with Crippen molar-refractivity contribution in [2.24, 2.45) is 10.4 Å². The van der Waals surface area contributed by atoms with E-state index in [4.69, 9.17) is 0 Å². The van der Waals surface area contributed by atoms with Gasteiger partial charge in [0.1, 0.15) is 0 Å². The van der Waals surface area contributed by atoms with E-state index >= 15 is 0 Å². The third-order valence-corrected chi connectivity index (χ3v) is 2.37. The summed E-state index contributed by atoms with van der Waals surface area (Å²) >= 11 is 0. The quantitative estimate of drug-likeness (QED) is 0.448. The number of hydrogen-bond acceptors (Lipinski definition) is 1. The Morgan fingerprint density at radius 2 is 1.88 bits per heavy atom. The standard InChI is InChI=1S/C7H11N/c1-2-4-7(3-1)5-8-6-7/h5H,1-4,6H2. The van der Waals surface area contributed by atoms with Crippen molar-refractivity contribution in [3.63, 3.8) is 0 Å². The highest BCUT2D eigenvalue weighted by molar-refractivity contribution is 5.71. The highest BCUT2D eigenvalue weighted by Crippen LogP contribution is 2.40. The van der Waals surface area contributed by atoms with Gasteiger partial charge < -0.3 is 0 Å². The van der Waals surface area contributed by atoms with Gasteiger partial charge in [-0.15, -0.1) is 0 Å². The maximum atomic E-state index is 4.13. The molecule has 1 heterocycles. The van der Waals surface area contributed by atoms with Crippen LogP contribution in [0, 0.1) is 5.41 Å². The molecule has 1 aliphatic heterocycles. The van der Waals surface area contributed by atoms with E-state index in [0.29, 0.717) is 5.41 Å². The zero-order valence-corrected chi connectivity index (χ0v) is 5.06. The van der Waals surface area contributed by atoms with E-state index in [0.717, 1.165) is 6.54 Å². The van der Waals surface area contributed by atoms with Crippen LogP contribution < -0.4 is 0 Å². The summed E-state index contributed by atoms with van der Waals surface area (Å²) in [6, 6.07) is 0. The zero-order chi connectivity index (χ0) is 5.45. The first-order valence-electron chi connectivity index (χ1n) is 3.42. The fraction of sp³-hybridized carbons (Fsp3) is 0.857. The molecule has 0 aromatic rings. The molecule has 1 heteroatoms. The second-order valence-electron chi connectivity index (χ2n) is 3.04. The summed E-state index contributed by atoms with van der Waals surface area (Å²) in [5.41, 5.74) is 0.625. The van der Waals surface area contributed by atoms with Gasteiger partial charge in [-0.05, 0) is 12.8 Å². The van der Waals surface area contributed by atoms with E-state index in [2.05, 4.69) is 11.2 Å². The second kappa shape index (κ2) is 1.34. The first kappa shape index (κ1) is 4.54. The van der Waals surface area contributed by atoms with Crippen molar-refractivity contribution in [2.45, 2.75) is 25.7 Å².